The Hall–Kier alpha value is -0.920. The third-order valence-electron chi connectivity index (χ3n) is 0.941. The van der Waals surface area contributed by atoms with Crippen LogP contribution >= 0.6 is 0 Å². The molecule has 0 saturated heterocycles. The van der Waals surface area contributed by atoms with Crippen molar-refractivity contribution >= 4 is 0 Å². The van der Waals surface area contributed by atoms with Gasteiger partial charge in [0.1, 0.15) is 6.33 Å². The van der Waals surface area contributed by atoms with E-state index < -0.39 is 0 Å². The molecule has 2 nitrogen and oxygen atoms in total. The first kappa shape index (κ1) is 5.22. The largest absolute Gasteiger partial charge is 0.242 e. The van der Waals surface area contributed by atoms with Crippen LogP contribution in [0.15, 0.2) is 12.4 Å². The van der Waals surface area contributed by atoms with Gasteiger partial charge in [0, 0.05) is 11.4 Å². The Morgan fingerprint density at radius 1 is 1.12 bits per heavy atom. The van der Waals surface area contributed by atoms with Crippen molar-refractivity contribution in [3.63, 3.8) is 0 Å². The summed E-state index contributed by atoms with van der Waals surface area (Å²) < 4.78 is 0. The molecule has 0 N–H and O–H groups in total. The second-order valence-corrected chi connectivity index (χ2v) is 1.80. The molecule has 0 unspecified atom stereocenters. The van der Waals surface area contributed by atoms with Gasteiger partial charge in [0.2, 0.25) is 0 Å². The van der Waals surface area contributed by atoms with Crippen LogP contribution in [0, 0.1) is 13.8 Å². The maximum atomic E-state index is 3.93. The van der Waals surface area contributed by atoms with Crippen molar-refractivity contribution in [3.8, 4) is 0 Å². The van der Waals surface area contributed by atoms with Crippen molar-refractivity contribution in [1.29, 1.82) is 0 Å². The molecule has 0 aliphatic carbocycles. The maximum Gasteiger partial charge on any atom is 0.115 e. The number of nitrogens with zero attached hydrogens (tertiary/aromatic N) is 2. The van der Waals surface area contributed by atoms with E-state index in [4.69, 9.17) is 0 Å². The van der Waals surface area contributed by atoms with E-state index in [-0.39, 0.29) is 0 Å². The highest BCUT2D eigenvalue weighted by molar-refractivity contribution is 5.03. The van der Waals surface area contributed by atoms with Gasteiger partial charge in [-0.2, -0.15) is 0 Å². The van der Waals surface area contributed by atoms with Gasteiger partial charge in [-0.25, -0.2) is 9.97 Å². The highest BCUT2D eigenvalue weighted by atomic mass is 15.5. The standard InChI is InChI=1S/C6H8N2/c1-5-3-6(2)8-4-7-5/h3-4H,1-2H3/i7+1. The van der Waals surface area contributed by atoms with Gasteiger partial charge in [0.25, 0.3) is 0 Å². The van der Waals surface area contributed by atoms with Gasteiger partial charge >= 0.3 is 0 Å². The fourth-order valence-electron chi connectivity index (χ4n) is 0.588. The summed E-state index contributed by atoms with van der Waals surface area (Å²) in [5, 5.41) is 0. The highest BCUT2D eigenvalue weighted by Crippen LogP contribution is 1.91. The normalized spacial score (nSPS) is 9.25. The second-order valence-electron chi connectivity index (χ2n) is 1.80. The first-order valence-corrected chi connectivity index (χ1v) is 2.54. The first-order valence-electron chi connectivity index (χ1n) is 2.54. The van der Waals surface area contributed by atoms with Crippen LogP contribution in [0.1, 0.15) is 11.4 Å². The smallest absolute Gasteiger partial charge is 0.115 e. The molecule has 0 aliphatic rings. The van der Waals surface area contributed by atoms with Gasteiger partial charge in [-0.15, -0.1) is 0 Å². The second kappa shape index (κ2) is 1.90. The number of hydrogen-bond acceptors (Lipinski definition) is 2. The van der Waals surface area contributed by atoms with Gasteiger partial charge in [-0.05, 0) is 19.9 Å². The van der Waals surface area contributed by atoms with Crippen molar-refractivity contribution in [2.75, 3.05) is 0 Å². The third kappa shape index (κ3) is 1.03. The summed E-state index contributed by atoms with van der Waals surface area (Å²) in [6.45, 7) is 3.91. The molecule has 2 heteroatoms. The SMILES string of the molecule is Cc1cc(C)[15n]cn1. The van der Waals surface area contributed by atoms with Crippen LogP contribution in [0.3, 0.4) is 0 Å². The van der Waals surface area contributed by atoms with Gasteiger partial charge in [0.05, 0.1) is 0 Å². The number of hydrogen-bond donors (Lipinski definition) is 0. The number of aryl methyl sites for hydroxylation is 2. The minimum absolute atomic E-state index is 1.03. The minimum atomic E-state index is 1.03. The maximum absolute atomic E-state index is 3.93. The van der Waals surface area contributed by atoms with E-state index >= 15 is 0 Å². The molecule has 0 saturated carbocycles. The molecule has 0 fully saturated rings. The van der Waals surface area contributed by atoms with Crippen molar-refractivity contribution in [1.82, 2.24) is 9.97 Å². The molecule has 0 spiro atoms. The molecule has 42 valence electrons. The highest BCUT2D eigenvalue weighted by Gasteiger charge is 1.83. The van der Waals surface area contributed by atoms with Crippen molar-refractivity contribution in [3.05, 3.63) is 23.8 Å². The number of aromatic nitrogens is 2. The average Bonchev–Trinajstić information content (AvgIpc) is 1.64. The summed E-state index contributed by atoms with van der Waals surface area (Å²) in [6.07, 6.45) is 1.57. The zero-order valence-electron chi connectivity index (χ0n) is 5.05. The van der Waals surface area contributed by atoms with Gasteiger partial charge in [-0.3, -0.25) is 0 Å². The fourth-order valence-corrected chi connectivity index (χ4v) is 0.588. The topological polar surface area (TPSA) is 25.8 Å². The molecule has 0 aliphatic heterocycles. The summed E-state index contributed by atoms with van der Waals surface area (Å²) in [4.78, 5) is 7.86. The lowest BCUT2D eigenvalue weighted by Crippen LogP contribution is -1.84. The summed E-state index contributed by atoms with van der Waals surface area (Å²) in [6, 6.07) is 1.94. The van der Waals surface area contributed by atoms with Crippen molar-refractivity contribution < 1.29 is 0 Å². The minimum Gasteiger partial charge on any atom is -0.242 e. The summed E-state index contributed by atoms with van der Waals surface area (Å²) >= 11 is 0. The molecule has 0 bridgehead atoms. The molecule has 0 amide bonds. The van der Waals surface area contributed by atoms with Crippen LogP contribution in [-0.2, 0) is 0 Å². The zero-order valence-corrected chi connectivity index (χ0v) is 5.05. The molecule has 1 heterocycles. The Balaban J connectivity index is 3.08. The molecule has 1 rings (SSSR count). The average molecular weight is 109 g/mol. The van der Waals surface area contributed by atoms with Crippen LogP contribution in [0.5, 0.6) is 0 Å². The van der Waals surface area contributed by atoms with E-state index in [1.807, 2.05) is 19.9 Å². The lowest BCUT2D eigenvalue weighted by Gasteiger charge is -1.89. The van der Waals surface area contributed by atoms with Gasteiger partial charge < -0.3 is 0 Å². The fraction of sp³-hybridized carbons (Fsp3) is 0.333. The molecule has 0 aromatic carbocycles. The van der Waals surface area contributed by atoms with E-state index in [9.17, 15) is 0 Å². The van der Waals surface area contributed by atoms with Crippen LogP contribution in [-0.4, -0.2) is 9.97 Å². The van der Waals surface area contributed by atoms with Crippen LogP contribution in [0.25, 0.3) is 0 Å². The summed E-state index contributed by atoms with van der Waals surface area (Å²) in [5.74, 6) is 0. The van der Waals surface area contributed by atoms with Crippen LogP contribution in [0.4, 0.5) is 0 Å². The van der Waals surface area contributed by atoms with E-state index in [0.29, 0.717) is 0 Å². The monoisotopic (exact) mass is 109 g/mol. The van der Waals surface area contributed by atoms with E-state index in [2.05, 4.69) is 9.97 Å². The molecule has 0 radical (unpaired) electrons. The van der Waals surface area contributed by atoms with Crippen molar-refractivity contribution in [2.45, 2.75) is 13.8 Å². The summed E-state index contributed by atoms with van der Waals surface area (Å²) in [5.41, 5.74) is 2.05. The molecule has 1 aromatic rings. The van der Waals surface area contributed by atoms with Crippen molar-refractivity contribution in [2.24, 2.45) is 0 Å². The lowest BCUT2D eigenvalue weighted by molar-refractivity contribution is 1.05. The summed E-state index contributed by atoms with van der Waals surface area (Å²) in [7, 11) is 0. The van der Waals surface area contributed by atoms with E-state index in [0.717, 1.165) is 11.4 Å². The Labute approximate surface area is 48.6 Å². The predicted molar refractivity (Wildman–Crippen MR) is 31.5 cm³/mol. The number of rotatable bonds is 0. The Morgan fingerprint density at radius 3 is 1.88 bits per heavy atom. The Morgan fingerprint density at radius 2 is 1.62 bits per heavy atom. The molecule has 0 atom stereocenters. The Kier molecular flexibility index (Phi) is 1.24. The molecule has 1 aromatic heterocycles. The van der Waals surface area contributed by atoms with Crippen LogP contribution < -0.4 is 0 Å². The molecule has 8 heavy (non-hydrogen) atoms. The first-order chi connectivity index (χ1) is 3.79. The molecular weight excluding hydrogens is 101 g/mol. The third-order valence-corrected chi connectivity index (χ3v) is 0.941. The quantitative estimate of drug-likeness (QED) is 0.498. The van der Waals surface area contributed by atoms with E-state index in [1.54, 1.807) is 6.33 Å². The zero-order chi connectivity index (χ0) is 5.98. The molecular formula is C6H8N2. The predicted octanol–water partition coefficient (Wildman–Crippen LogP) is 1.09. The van der Waals surface area contributed by atoms with Crippen LogP contribution in [0.2, 0.25) is 0 Å². The lowest BCUT2D eigenvalue weighted by atomic mass is 10.4. The van der Waals surface area contributed by atoms with Gasteiger partial charge in [0.15, 0.2) is 0 Å². The van der Waals surface area contributed by atoms with Gasteiger partial charge in [-0.1, -0.05) is 0 Å². The van der Waals surface area contributed by atoms with E-state index in [1.165, 1.54) is 0 Å². The Bertz CT molecular complexity index is 166.